The van der Waals surface area contributed by atoms with E-state index in [2.05, 4.69) is 64.9 Å². The molecule has 1 aromatic carbocycles. The second kappa shape index (κ2) is 7.54. The fourth-order valence-corrected chi connectivity index (χ4v) is 2.07. The Morgan fingerprint density at radius 2 is 1.74 bits per heavy atom. The van der Waals surface area contributed by atoms with E-state index in [9.17, 15) is 0 Å². The molecule has 2 nitrogen and oxygen atoms in total. The van der Waals surface area contributed by atoms with Gasteiger partial charge in [0.2, 0.25) is 0 Å². The van der Waals surface area contributed by atoms with E-state index in [1.165, 1.54) is 11.1 Å². The van der Waals surface area contributed by atoms with Gasteiger partial charge in [-0.05, 0) is 49.5 Å². The molecule has 0 heterocycles. The number of ether oxygens (including phenoxy) is 1. The number of hydrogen-bond donors (Lipinski definition) is 0. The Bertz CT molecular complexity index is 383. The molecule has 2 heteroatoms. The lowest BCUT2D eigenvalue weighted by molar-refractivity contribution is 0.278. The minimum absolute atomic E-state index is 0.505. The first-order chi connectivity index (χ1) is 8.91. The first-order valence-corrected chi connectivity index (χ1v) is 7.33. The molecule has 19 heavy (non-hydrogen) atoms. The fraction of sp³-hybridized carbons (Fsp3) is 0.647. The molecule has 0 atom stereocenters. The quantitative estimate of drug-likeness (QED) is 0.681. The van der Waals surface area contributed by atoms with Crippen LogP contribution in [0.2, 0.25) is 0 Å². The first kappa shape index (κ1) is 16.0. The molecule has 108 valence electrons. The SMILES string of the molecule is CC(C)c1ccc(C(C)C)c(OCCCN(C)C)c1. The molecule has 0 saturated heterocycles. The summed E-state index contributed by atoms with van der Waals surface area (Å²) in [5.41, 5.74) is 2.67. The van der Waals surface area contributed by atoms with Crippen molar-refractivity contribution in [2.24, 2.45) is 0 Å². The summed E-state index contributed by atoms with van der Waals surface area (Å²) in [6, 6.07) is 6.67. The second-order valence-corrected chi connectivity index (χ2v) is 6.11. The third-order valence-corrected chi connectivity index (χ3v) is 3.33. The Labute approximate surface area is 118 Å². The van der Waals surface area contributed by atoms with E-state index in [4.69, 9.17) is 4.74 Å². The van der Waals surface area contributed by atoms with Crippen molar-refractivity contribution in [3.05, 3.63) is 29.3 Å². The van der Waals surface area contributed by atoms with Crippen molar-refractivity contribution in [1.29, 1.82) is 0 Å². The van der Waals surface area contributed by atoms with Crippen LogP contribution in [0.15, 0.2) is 18.2 Å². The van der Waals surface area contributed by atoms with Crippen LogP contribution in [0.4, 0.5) is 0 Å². The molecule has 0 spiro atoms. The van der Waals surface area contributed by atoms with Crippen LogP contribution in [0.1, 0.15) is 57.1 Å². The van der Waals surface area contributed by atoms with E-state index < -0.39 is 0 Å². The lowest BCUT2D eigenvalue weighted by atomic mass is 9.96. The van der Waals surface area contributed by atoms with Crippen LogP contribution in [0.25, 0.3) is 0 Å². The lowest BCUT2D eigenvalue weighted by Gasteiger charge is -2.17. The van der Waals surface area contributed by atoms with E-state index in [-0.39, 0.29) is 0 Å². The lowest BCUT2D eigenvalue weighted by Crippen LogP contribution is -2.15. The maximum atomic E-state index is 6.01. The molecule has 1 rings (SSSR count). The summed E-state index contributed by atoms with van der Waals surface area (Å²) < 4.78 is 6.01. The number of nitrogens with zero attached hydrogens (tertiary/aromatic N) is 1. The maximum Gasteiger partial charge on any atom is 0.123 e. The highest BCUT2D eigenvalue weighted by molar-refractivity contribution is 5.40. The zero-order valence-electron chi connectivity index (χ0n) is 13.4. The van der Waals surface area contributed by atoms with Crippen molar-refractivity contribution < 1.29 is 4.74 Å². The molecule has 0 bridgehead atoms. The van der Waals surface area contributed by atoms with Gasteiger partial charge in [-0.1, -0.05) is 39.8 Å². The predicted octanol–water partition coefficient (Wildman–Crippen LogP) is 4.26. The molecule has 0 aromatic heterocycles. The third kappa shape index (κ3) is 5.23. The van der Waals surface area contributed by atoms with E-state index >= 15 is 0 Å². The average molecular weight is 263 g/mol. The molecule has 0 aliphatic heterocycles. The van der Waals surface area contributed by atoms with Gasteiger partial charge in [0.1, 0.15) is 5.75 Å². The van der Waals surface area contributed by atoms with Gasteiger partial charge in [-0.25, -0.2) is 0 Å². The second-order valence-electron chi connectivity index (χ2n) is 6.11. The molecule has 0 saturated carbocycles. The van der Waals surface area contributed by atoms with Crippen molar-refractivity contribution in [3.63, 3.8) is 0 Å². The van der Waals surface area contributed by atoms with Crippen molar-refractivity contribution >= 4 is 0 Å². The van der Waals surface area contributed by atoms with Crippen LogP contribution in [0.5, 0.6) is 5.75 Å². The normalized spacial score (nSPS) is 11.6. The van der Waals surface area contributed by atoms with Gasteiger partial charge in [0.15, 0.2) is 0 Å². The molecule has 0 fully saturated rings. The highest BCUT2D eigenvalue weighted by Gasteiger charge is 2.10. The van der Waals surface area contributed by atoms with Crippen molar-refractivity contribution in [2.45, 2.75) is 46.0 Å². The van der Waals surface area contributed by atoms with Crippen molar-refractivity contribution in [2.75, 3.05) is 27.2 Å². The monoisotopic (exact) mass is 263 g/mol. The molecular formula is C17H29NO. The number of rotatable bonds is 7. The smallest absolute Gasteiger partial charge is 0.123 e. The van der Waals surface area contributed by atoms with Crippen molar-refractivity contribution in [1.82, 2.24) is 4.90 Å². The van der Waals surface area contributed by atoms with Gasteiger partial charge in [0, 0.05) is 6.54 Å². The first-order valence-electron chi connectivity index (χ1n) is 7.33. The van der Waals surface area contributed by atoms with Crippen LogP contribution in [-0.4, -0.2) is 32.1 Å². The van der Waals surface area contributed by atoms with E-state index in [0.717, 1.165) is 25.3 Å². The summed E-state index contributed by atoms with van der Waals surface area (Å²) in [5.74, 6) is 2.12. The van der Waals surface area contributed by atoms with Crippen LogP contribution < -0.4 is 4.74 Å². The summed E-state index contributed by atoms with van der Waals surface area (Å²) >= 11 is 0. The van der Waals surface area contributed by atoms with Gasteiger partial charge < -0.3 is 9.64 Å². The minimum atomic E-state index is 0.505. The molecule has 0 aliphatic rings. The Morgan fingerprint density at radius 1 is 1.05 bits per heavy atom. The Morgan fingerprint density at radius 3 is 2.26 bits per heavy atom. The summed E-state index contributed by atoms with van der Waals surface area (Å²) in [5, 5.41) is 0. The van der Waals surface area contributed by atoms with Gasteiger partial charge in [-0.3, -0.25) is 0 Å². The molecular weight excluding hydrogens is 234 g/mol. The van der Waals surface area contributed by atoms with E-state index in [1.54, 1.807) is 0 Å². The summed E-state index contributed by atoms with van der Waals surface area (Å²) in [4.78, 5) is 2.19. The van der Waals surface area contributed by atoms with Crippen LogP contribution in [0, 0.1) is 0 Å². The van der Waals surface area contributed by atoms with Gasteiger partial charge in [0.05, 0.1) is 6.61 Å². The molecule has 0 aliphatic carbocycles. The fourth-order valence-electron chi connectivity index (χ4n) is 2.07. The summed E-state index contributed by atoms with van der Waals surface area (Å²) in [7, 11) is 4.19. The Balaban J connectivity index is 2.74. The molecule has 1 aromatic rings. The summed E-state index contributed by atoms with van der Waals surface area (Å²) in [6.45, 7) is 10.7. The minimum Gasteiger partial charge on any atom is -0.493 e. The largest absolute Gasteiger partial charge is 0.493 e. The molecule has 0 unspecified atom stereocenters. The van der Waals surface area contributed by atoms with Gasteiger partial charge in [0.25, 0.3) is 0 Å². The number of benzene rings is 1. The molecule has 0 N–H and O–H groups in total. The Kier molecular flexibility index (Phi) is 6.36. The third-order valence-electron chi connectivity index (χ3n) is 3.33. The average Bonchev–Trinajstić information content (AvgIpc) is 2.33. The summed E-state index contributed by atoms with van der Waals surface area (Å²) in [6.07, 6.45) is 1.07. The van der Waals surface area contributed by atoms with Crippen molar-refractivity contribution in [3.8, 4) is 5.75 Å². The van der Waals surface area contributed by atoms with Gasteiger partial charge in [-0.2, -0.15) is 0 Å². The zero-order valence-corrected chi connectivity index (χ0v) is 13.4. The van der Waals surface area contributed by atoms with E-state index in [1.807, 2.05) is 0 Å². The van der Waals surface area contributed by atoms with Gasteiger partial charge >= 0.3 is 0 Å². The van der Waals surface area contributed by atoms with Gasteiger partial charge in [-0.15, -0.1) is 0 Å². The molecule has 0 amide bonds. The number of hydrogen-bond acceptors (Lipinski definition) is 2. The molecule has 0 radical (unpaired) electrons. The zero-order chi connectivity index (χ0) is 14.4. The van der Waals surface area contributed by atoms with E-state index in [0.29, 0.717) is 11.8 Å². The van der Waals surface area contributed by atoms with Crippen LogP contribution in [-0.2, 0) is 0 Å². The topological polar surface area (TPSA) is 12.5 Å². The highest BCUT2D eigenvalue weighted by atomic mass is 16.5. The van der Waals surface area contributed by atoms with Crippen LogP contribution >= 0.6 is 0 Å². The Hall–Kier alpha value is -1.02. The standard InChI is InChI=1S/C17H29NO/c1-13(2)15-8-9-16(14(3)4)17(12-15)19-11-7-10-18(5)6/h8-9,12-14H,7,10-11H2,1-6H3. The predicted molar refractivity (Wildman–Crippen MR) is 83.3 cm³/mol. The highest BCUT2D eigenvalue weighted by Crippen LogP contribution is 2.30. The van der Waals surface area contributed by atoms with Crippen LogP contribution in [0.3, 0.4) is 0 Å². The maximum absolute atomic E-state index is 6.01.